The molecule has 0 aliphatic carbocycles. The molecule has 6 nitrogen and oxygen atoms in total. The number of aromatic nitrogens is 2. The van der Waals surface area contributed by atoms with Crippen molar-refractivity contribution in [2.45, 2.75) is 33.0 Å². The molecule has 0 saturated carbocycles. The van der Waals surface area contributed by atoms with Gasteiger partial charge in [0.1, 0.15) is 0 Å². The van der Waals surface area contributed by atoms with E-state index in [4.69, 9.17) is 5.11 Å². The number of aromatic carboxylic acids is 1. The first-order valence-corrected chi connectivity index (χ1v) is 5.08. The van der Waals surface area contributed by atoms with Gasteiger partial charge in [-0.25, -0.2) is 9.78 Å². The summed E-state index contributed by atoms with van der Waals surface area (Å²) >= 11 is 0. The van der Waals surface area contributed by atoms with E-state index in [1.807, 2.05) is 13.8 Å². The van der Waals surface area contributed by atoms with Crippen LogP contribution in [0.15, 0.2) is 4.79 Å². The number of carboxylic acids is 1. The van der Waals surface area contributed by atoms with Gasteiger partial charge in [-0.3, -0.25) is 9.69 Å². The molecule has 0 aromatic carbocycles. The fraction of sp³-hybridized carbons (Fsp3) is 0.500. The highest BCUT2D eigenvalue weighted by Gasteiger charge is 2.26. The van der Waals surface area contributed by atoms with E-state index in [2.05, 4.69) is 14.9 Å². The van der Waals surface area contributed by atoms with E-state index in [9.17, 15) is 9.59 Å². The van der Waals surface area contributed by atoms with Crippen LogP contribution in [0, 0.1) is 0 Å². The normalized spacial score (nSPS) is 15.4. The molecule has 1 aliphatic heterocycles. The highest BCUT2D eigenvalue weighted by atomic mass is 16.4. The Labute approximate surface area is 91.9 Å². The minimum absolute atomic E-state index is 0.283. The number of carboxylic acid groups (broad SMARTS) is 1. The molecule has 0 fully saturated rings. The maximum Gasteiger partial charge on any atom is 0.372 e. The molecule has 0 amide bonds. The SMILES string of the molecule is CC(C)N1Cc2nc(C(=O)O)[nH]c(=O)c2C1. The van der Waals surface area contributed by atoms with Gasteiger partial charge in [0.05, 0.1) is 11.3 Å². The third-order valence-electron chi connectivity index (χ3n) is 2.75. The lowest BCUT2D eigenvalue weighted by Crippen LogP contribution is -2.25. The molecule has 0 bridgehead atoms. The Morgan fingerprint density at radius 1 is 1.50 bits per heavy atom. The van der Waals surface area contributed by atoms with Crippen LogP contribution in [-0.4, -0.2) is 32.0 Å². The monoisotopic (exact) mass is 223 g/mol. The largest absolute Gasteiger partial charge is 0.475 e. The number of nitrogens with one attached hydrogen (secondary N) is 1. The maximum atomic E-state index is 11.6. The maximum absolute atomic E-state index is 11.6. The fourth-order valence-electron chi connectivity index (χ4n) is 1.76. The topological polar surface area (TPSA) is 86.3 Å². The quantitative estimate of drug-likeness (QED) is 0.747. The average molecular weight is 223 g/mol. The van der Waals surface area contributed by atoms with Crippen molar-refractivity contribution in [2.24, 2.45) is 0 Å². The Morgan fingerprint density at radius 3 is 2.75 bits per heavy atom. The Bertz CT molecular complexity index is 493. The lowest BCUT2D eigenvalue weighted by atomic mass is 10.3. The van der Waals surface area contributed by atoms with E-state index in [1.54, 1.807) is 0 Å². The molecule has 2 N–H and O–H groups in total. The van der Waals surface area contributed by atoms with Crippen LogP contribution in [-0.2, 0) is 13.1 Å². The van der Waals surface area contributed by atoms with Crippen LogP contribution in [0.25, 0.3) is 0 Å². The Kier molecular flexibility index (Phi) is 2.51. The minimum atomic E-state index is -1.21. The molecule has 0 spiro atoms. The fourth-order valence-corrected chi connectivity index (χ4v) is 1.76. The van der Waals surface area contributed by atoms with Gasteiger partial charge in [-0.05, 0) is 13.8 Å². The number of carbonyl (C=O) groups is 1. The van der Waals surface area contributed by atoms with Gasteiger partial charge in [0.2, 0.25) is 5.82 Å². The summed E-state index contributed by atoms with van der Waals surface area (Å²) in [5.41, 5.74) is 0.819. The van der Waals surface area contributed by atoms with E-state index < -0.39 is 5.97 Å². The zero-order valence-electron chi connectivity index (χ0n) is 9.15. The molecule has 16 heavy (non-hydrogen) atoms. The van der Waals surface area contributed by atoms with Gasteiger partial charge in [0.15, 0.2) is 0 Å². The summed E-state index contributed by atoms with van der Waals surface area (Å²) in [6, 6.07) is 0.307. The molecule has 1 aliphatic rings. The summed E-state index contributed by atoms with van der Waals surface area (Å²) in [4.78, 5) is 30.6. The first-order chi connectivity index (χ1) is 7.49. The molecule has 6 heteroatoms. The van der Waals surface area contributed by atoms with Gasteiger partial charge in [0.25, 0.3) is 5.56 Å². The molecular formula is C10H13N3O3. The smallest absolute Gasteiger partial charge is 0.372 e. The van der Waals surface area contributed by atoms with Crippen LogP contribution in [0.1, 0.15) is 35.7 Å². The van der Waals surface area contributed by atoms with Crippen molar-refractivity contribution < 1.29 is 9.90 Å². The number of fused-ring (bicyclic) bond motifs is 1. The highest BCUT2D eigenvalue weighted by Crippen LogP contribution is 2.19. The average Bonchev–Trinajstić information content (AvgIpc) is 2.61. The number of nitrogens with zero attached hydrogens (tertiary/aromatic N) is 2. The summed E-state index contributed by atoms with van der Waals surface area (Å²) in [5, 5.41) is 8.77. The van der Waals surface area contributed by atoms with Gasteiger partial charge >= 0.3 is 5.97 Å². The van der Waals surface area contributed by atoms with E-state index in [0.29, 0.717) is 30.4 Å². The standard InChI is InChI=1S/C10H13N3O3/c1-5(2)13-3-6-7(4-13)11-8(10(15)16)12-9(6)14/h5H,3-4H2,1-2H3,(H,15,16)(H,11,12,14). The minimum Gasteiger partial charge on any atom is -0.475 e. The van der Waals surface area contributed by atoms with Gasteiger partial charge in [0, 0.05) is 19.1 Å². The van der Waals surface area contributed by atoms with E-state index in [1.165, 1.54) is 0 Å². The second kappa shape index (κ2) is 3.71. The zero-order chi connectivity index (χ0) is 11.9. The summed E-state index contributed by atoms with van der Waals surface area (Å²) < 4.78 is 0. The molecular weight excluding hydrogens is 210 g/mol. The Hall–Kier alpha value is -1.69. The first kappa shape index (κ1) is 10.8. The Balaban J connectivity index is 2.43. The van der Waals surface area contributed by atoms with Crippen molar-refractivity contribution in [3.8, 4) is 0 Å². The van der Waals surface area contributed by atoms with Gasteiger partial charge < -0.3 is 10.1 Å². The van der Waals surface area contributed by atoms with Crippen LogP contribution in [0.5, 0.6) is 0 Å². The van der Waals surface area contributed by atoms with Crippen LogP contribution in [0.3, 0.4) is 0 Å². The number of rotatable bonds is 2. The molecule has 2 heterocycles. The summed E-state index contributed by atoms with van der Waals surface area (Å²) in [6.45, 7) is 5.13. The number of aromatic amines is 1. The second-order valence-corrected chi connectivity index (χ2v) is 4.14. The number of hydrogen-bond acceptors (Lipinski definition) is 4. The molecule has 2 rings (SSSR count). The number of H-pyrrole nitrogens is 1. The lowest BCUT2D eigenvalue weighted by molar-refractivity contribution is 0.0682. The molecule has 86 valence electrons. The lowest BCUT2D eigenvalue weighted by Gasteiger charge is -2.18. The van der Waals surface area contributed by atoms with Crippen molar-refractivity contribution in [2.75, 3.05) is 0 Å². The molecule has 1 aromatic heterocycles. The van der Waals surface area contributed by atoms with E-state index in [0.717, 1.165) is 0 Å². The van der Waals surface area contributed by atoms with Crippen molar-refractivity contribution >= 4 is 5.97 Å². The van der Waals surface area contributed by atoms with Crippen LogP contribution in [0.2, 0.25) is 0 Å². The van der Waals surface area contributed by atoms with Crippen LogP contribution in [0.4, 0.5) is 0 Å². The van der Waals surface area contributed by atoms with Crippen molar-refractivity contribution in [3.05, 3.63) is 27.4 Å². The summed E-state index contributed by atoms with van der Waals surface area (Å²) in [6.07, 6.45) is 0. The van der Waals surface area contributed by atoms with Crippen LogP contribution < -0.4 is 5.56 Å². The number of hydrogen-bond donors (Lipinski definition) is 2. The van der Waals surface area contributed by atoms with E-state index >= 15 is 0 Å². The molecule has 0 atom stereocenters. The van der Waals surface area contributed by atoms with Gasteiger partial charge in [-0.1, -0.05) is 0 Å². The predicted octanol–water partition coefficient (Wildman–Crippen LogP) is 0.192. The third-order valence-corrected chi connectivity index (χ3v) is 2.75. The molecule has 1 aromatic rings. The predicted molar refractivity (Wildman–Crippen MR) is 56.2 cm³/mol. The first-order valence-electron chi connectivity index (χ1n) is 5.08. The third kappa shape index (κ3) is 1.71. The van der Waals surface area contributed by atoms with E-state index in [-0.39, 0.29) is 11.4 Å². The Morgan fingerprint density at radius 2 is 2.19 bits per heavy atom. The summed E-state index contributed by atoms with van der Waals surface area (Å²) in [7, 11) is 0. The highest BCUT2D eigenvalue weighted by molar-refractivity contribution is 5.83. The molecule has 0 saturated heterocycles. The van der Waals surface area contributed by atoms with Crippen LogP contribution >= 0.6 is 0 Å². The molecule has 0 radical (unpaired) electrons. The van der Waals surface area contributed by atoms with Crippen molar-refractivity contribution in [3.63, 3.8) is 0 Å². The second-order valence-electron chi connectivity index (χ2n) is 4.14. The van der Waals surface area contributed by atoms with Gasteiger partial charge in [-0.15, -0.1) is 0 Å². The summed E-state index contributed by atoms with van der Waals surface area (Å²) in [5.74, 6) is -1.49. The van der Waals surface area contributed by atoms with Crippen molar-refractivity contribution in [1.29, 1.82) is 0 Å². The van der Waals surface area contributed by atoms with Crippen molar-refractivity contribution in [1.82, 2.24) is 14.9 Å². The zero-order valence-corrected chi connectivity index (χ0v) is 9.15. The van der Waals surface area contributed by atoms with Gasteiger partial charge in [-0.2, -0.15) is 0 Å². The molecule has 0 unspecified atom stereocenters.